The standard InChI is InChI=1S/C11H16O2S4Se/c1-18-10-9(16-11(14)17-10)15-7-6-13-8-4-2-3-5-12-8/h8H,2-7H2,1H3. The summed E-state index contributed by atoms with van der Waals surface area (Å²) in [5.74, 6) is 3.24. The fourth-order valence-electron chi connectivity index (χ4n) is 1.63. The Balaban J connectivity index is 1.69. The van der Waals surface area contributed by atoms with Crippen LogP contribution < -0.4 is 3.78 Å². The molecule has 1 aromatic rings. The molecule has 0 aromatic carbocycles. The van der Waals surface area contributed by atoms with E-state index in [-0.39, 0.29) is 6.29 Å². The first-order valence-corrected chi connectivity index (χ1v) is 11.4. The van der Waals surface area contributed by atoms with Gasteiger partial charge in [-0.2, -0.15) is 0 Å². The summed E-state index contributed by atoms with van der Waals surface area (Å²) in [5, 5.41) is 0. The molecule has 1 aromatic heterocycles. The predicted molar refractivity (Wildman–Crippen MR) is 84.5 cm³/mol. The predicted octanol–water partition coefficient (Wildman–Crippen LogP) is 3.55. The first-order chi connectivity index (χ1) is 8.79. The zero-order valence-electron chi connectivity index (χ0n) is 10.2. The van der Waals surface area contributed by atoms with Crippen molar-refractivity contribution in [3.63, 3.8) is 0 Å². The first kappa shape index (κ1) is 15.4. The summed E-state index contributed by atoms with van der Waals surface area (Å²) in [4.78, 5) is 0. The maximum atomic E-state index is 5.73. The van der Waals surface area contributed by atoms with Crippen LogP contribution in [0.5, 0.6) is 0 Å². The van der Waals surface area contributed by atoms with E-state index < -0.39 is 0 Å². The Bertz CT molecular complexity index is 411. The molecule has 1 atom stereocenters. The van der Waals surface area contributed by atoms with Gasteiger partial charge in [0.1, 0.15) is 0 Å². The first-order valence-electron chi connectivity index (χ1n) is 5.83. The molecule has 2 heterocycles. The Morgan fingerprint density at radius 2 is 2.39 bits per heavy atom. The van der Waals surface area contributed by atoms with Crippen molar-refractivity contribution in [2.45, 2.75) is 35.6 Å². The average Bonchev–Trinajstić information content (AvgIpc) is 2.76. The Morgan fingerprint density at radius 1 is 1.50 bits per heavy atom. The van der Waals surface area contributed by atoms with E-state index in [2.05, 4.69) is 5.82 Å². The van der Waals surface area contributed by atoms with Gasteiger partial charge >= 0.3 is 133 Å². The van der Waals surface area contributed by atoms with Crippen LogP contribution in [0.3, 0.4) is 0 Å². The second-order valence-corrected chi connectivity index (χ2v) is 10.6. The van der Waals surface area contributed by atoms with Crippen LogP contribution in [0.15, 0.2) is 4.21 Å². The fourth-order valence-corrected chi connectivity index (χ4v) is 9.04. The van der Waals surface area contributed by atoms with E-state index in [0.29, 0.717) is 15.0 Å². The summed E-state index contributed by atoms with van der Waals surface area (Å²) in [7, 11) is 0. The van der Waals surface area contributed by atoms with Gasteiger partial charge in [0.2, 0.25) is 0 Å². The monoisotopic (exact) mass is 388 g/mol. The third kappa shape index (κ3) is 4.87. The van der Waals surface area contributed by atoms with Crippen LogP contribution in [0.4, 0.5) is 0 Å². The van der Waals surface area contributed by atoms with Crippen LogP contribution in [0.2, 0.25) is 5.82 Å². The molecule has 0 aliphatic carbocycles. The summed E-state index contributed by atoms with van der Waals surface area (Å²) >= 11 is 11.2. The van der Waals surface area contributed by atoms with Crippen molar-refractivity contribution in [1.29, 1.82) is 0 Å². The van der Waals surface area contributed by atoms with Gasteiger partial charge in [-0.1, -0.05) is 0 Å². The molecule has 102 valence electrons. The number of thioether (sulfide) groups is 1. The van der Waals surface area contributed by atoms with Crippen molar-refractivity contribution >= 4 is 65.4 Å². The number of rotatable bonds is 6. The summed E-state index contributed by atoms with van der Waals surface area (Å²) in [6.07, 6.45) is 3.49. The van der Waals surface area contributed by atoms with Gasteiger partial charge < -0.3 is 0 Å². The molecular formula is C11H16O2S4Se. The maximum absolute atomic E-state index is 5.73. The minimum absolute atomic E-state index is 0.0369. The van der Waals surface area contributed by atoms with Crippen LogP contribution >= 0.6 is 46.7 Å². The molecule has 1 aliphatic heterocycles. The Morgan fingerprint density at radius 3 is 3.11 bits per heavy atom. The van der Waals surface area contributed by atoms with E-state index in [0.717, 1.165) is 28.5 Å². The van der Waals surface area contributed by atoms with E-state index in [1.807, 2.05) is 11.8 Å². The van der Waals surface area contributed by atoms with Gasteiger partial charge in [-0.15, -0.1) is 0 Å². The molecule has 1 fully saturated rings. The number of hydrogen-bond donors (Lipinski definition) is 0. The molecule has 2 nitrogen and oxygen atoms in total. The summed E-state index contributed by atoms with van der Waals surface area (Å²) in [6.45, 7) is 1.62. The van der Waals surface area contributed by atoms with Crippen LogP contribution in [0.25, 0.3) is 0 Å². The summed E-state index contributed by atoms with van der Waals surface area (Å²) in [5.41, 5.74) is 0. The van der Waals surface area contributed by atoms with Gasteiger partial charge in [-0.25, -0.2) is 0 Å². The van der Waals surface area contributed by atoms with Gasteiger partial charge in [0.05, 0.1) is 0 Å². The van der Waals surface area contributed by atoms with E-state index in [9.17, 15) is 0 Å². The van der Waals surface area contributed by atoms with Crippen molar-refractivity contribution < 1.29 is 9.47 Å². The Labute approximate surface area is 132 Å². The zero-order valence-corrected chi connectivity index (χ0v) is 15.2. The second kappa shape index (κ2) is 8.37. The van der Waals surface area contributed by atoms with Gasteiger partial charge in [-0.05, 0) is 0 Å². The quantitative estimate of drug-likeness (QED) is 0.321. The fraction of sp³-hybridized carbons (Fsp3) is 0.727. The topological polar surface area (TPSA) is 18.5 Å². The van der Waals surface area contributed by atoms with Crippen molar-refractivity contribution in [2.24, 2.45) is 0 Å². The summed E-state index contributed by atoms with van der Waals surface area (Å²) < 4.78 is 15.2. The second-order valence-electron chi connectivity index (χ2n) is 3.75. The van der Waals surface area contributed by atoms with Gasteiger partial charge in [0.25, 0.3) is 0 Å². The van der Waals surface area contributed by atoms with Crippen LogP contribution in [-0.4, -0.2) is 40.2 Å². The molecular weight excluding hydrogens is 371 g/mol. The molecule has 0 N–H and O–H groups in total. The molecule has 2 rings (SSSR count). The van der Waals surface area contributed by atoms with Crippen molar-refractivity contribution in [2.75, 3.05) is 19.0 Å². The Hall–Kier alpha value is 1.06. The molecule has 18 heavy (non-hydrogen) atoms. The van der Waals surface area contributed by atoms with E-state index in [1.165, 1.54) is 20.8 Å². The van der Waals surface area contributed by atoms with Crippen LogP contribution in [0.1, 0.15) is 19.3 Å². The van der Waals surface area contributed by atoms with Crippen molar-refractivity contribution in [3.05, 3.63) is 3.14 Å². The van der Waals surface area contributed by atoms with Gasteiger partial charge in [0.15, 0.2) is 0 Å². The number of hydrogen-bond acceptors (Lipinski definition) is 6. The van der Waals surface area contributed by atoms with E-state index in [1.54, 1.807) is 22.7 Å². The minimum atomic E-state index is 0.0369. The molecule has 7 heteroatoms. The van der Waals surface area contributed by atoms with Crippen LogP contribution in [-0.2, 0) is 9.47 Å². The third-order valence-electron chi connectivity index (χ3n) is 2.46. The molecule has 0 spiro atoms. The van der Waals surface area contributed by atoms with Gasteiger partial charge in [0, 0.05) is 0 Å². The molecule has 0 saturated carbocycles. The molecule has 0 radical (unpaired) electrons. The molecule has 0 amide bonds. The molecule has 1 aliphatic rings. The SMILES string of the molecule is C[Se]c1sc(=S)sc1SCCOC1CCCCO1. The van der Waals surface area contributed by atoms with Crippen LogP contribution in [0, 0.1) is 3.14 Å². The Kier molecular flexibility index (Phi) is 7.18. The third-order valence-corrected chi connectivity index (χ3v) is 9.45. The normalized spacial score (nSPS) is 20.2. The van der Waals surface area contributed by atoms with Gasteiger partial charge in [-0.3, -0.25) is 0 Å². The number of ether oxygens (including phenoxy) is 2. The average molecular weight is 387 g/mol. The zero-order chi connectivity index (χ0) is 12.8. The van der Waals surface area contributed by atoms with Crippen molar-refractivity contribution in [1.82, 2.24) is 0 Å². The van der Waals surface area contributed by atoms with E-state index >= 15 is 0 Å². The molecule has 1 saturated heterocycles. The summed E-state index contributed by atoms with van der Waals surface area (Å²) in [6, 6.07) is 0. The molecule has 1 unspecified atom stereocenters. The molecule has 0 bridgehead atoms. The van der Waals surface area contributed by atoms with Crippen molar-refractivity contribution in [3.8, 4) is 0 Å². The van der Waals surface area contributed by atoms with E-state index in [4.69, 9.17) is 21.7 Å².